The molecule has 1 atom stereocenters. The van der Waals surface area contributed by atoms with Crippen molar-refractivity contribution in [3.05, 3.63) is 53.6 Å². The summed E-state index contributed by atoms with van der Waals surface area (Å²) in [6.07, 6.45) is -0.631. The maximum atomic E-state index is 13.0. The van der Waals surface area contributed by atoms with Crippen molar-refractivity contribution < 1.29 is 23.8 Å². The van der Waals surface area contributed by atoms with E-state index in [9.17, 15) is 9.59 Å². The number of hydrogen-bond acceptors (Lipinski definition) is 6. The second-order valence-corrected chi connectivity index (χ2v) is 7.32. The van der Waals surface area contributed by atoms with Gasteiger partial charge in [-0.1, -0.05) is 12.1 Å². The molecule has 2 aliphatic heterocycles. The number of ether oxygens (including phenoxy) is 3. The number of nitrogens with zero attached hydrogens (tertiary/aromatic N) is 2. The van der Waals surface area contributed by atoms with Crippen molar-refractivity contribution >= 4 is 17.5 Å². The Hall–Kier alpha value is -3.26. The molecule has 2 N–H and O–H groups in total. The quantitative estimate of drug-likeness (QED) is 0.800. The Bertz CT molecular complexity index is 925. The highest BCUT2D eigenvalue weighted by atomic mass is 16.5. The maximum absolute atomic E-state index is 13.0. The zero-order valence-corrected chi connectivity index (χ0v) is 16.9. The number of morpholine rings is 1. The highest BCUT2D eigenvalue weighted by Crippen LogP contribution is 2.36. The van der Waals surface area contributed by atoms with E-state index in [0.717, 1.165) is 17.0 Å². The number of fused-ring (bicyclic) bond motifs is 1. The summed E-state index contributed by atoms with van der Waals surface area (Å²) in [5.74, 6) is 0.778. The monoisotopic (exact) mass is 411 g/mol. The molecule has 2 aliphatic rings. The predicted molar refractivity (Wildman–Crippen MR) is 111 cm³/mol. The van der Waals surface area contributed by atoms with Crippen molar-refractivity contribution in [1.29, 1.82) is 0 Å². The Kier molecular flexibility index (Phi) is 5.76. The van der Waals surface area contributed by atoms with Crippen LogP contribution in [-0.2, 0) is 16.1 Å². The van der Waals surface area contributed by atoms with Crippen LogP contribution >= 0.6 is 0 Å². The van der Waals surface area contributed by atoms with Crippen molar-refractivity contribution in [2.75, 3.05) is 44.9 Å². The number of nitrogens with two attached hydrogens (primary N) is 1. The molecular formula is C22H25N3O5. The standard InChI is InChI=1S/C22H25N3O5/c1-28-17-5-2-15(3-6-17)13-25-14-20(22(27)24-8-10-29-11-9-24)30-19-7-4-16(21(23)26)12-18(19)25/h2-7,12,20H,8-11,13-14H2,1H3,(H2,23,26). The molecule has 1 fully saturated rings. The summed E-state index contributed by atoms with van der Waals surface area (Å²) in [6.45, 7) is 3.11. The molecule has 2 aromatic rings. The highest BCUT2D eigenvalue weighted by Gasteiger charge is 2.34. The number of primary amides is 1. The number of hydrogen-bond donors (Lipinski definition) is 1. The van der Waals surface area contributed by atoms with E-state index in [-0.39, 0.29) is 5.91 Å². The third-order valence-electron chi connectivity index (χ3n) is 5.37. The number of rotatable bonds is 5. The number of benzene rings is 2. The van der Waals surface area contributed by atoms with Gasteiger partial charge in [-0.3, -0.25) is 9.59 Å². The first-order valence-corrected chi connectivity index (χ1v) is 9.90. The van der Waals surface area contributed by atoms with Crippen LogP contribution in [0.1, 0.15) is 15.9 Å². The molecule has 2 aromatic carbocycles. The fraction of sp³-hybridized carbons (Fsp3) is 0.364. The second kappa shape index (κ2) is 8.62. The molecule has 8 heteroatoms. The van der Waals surface area contributed by atoms with Crippen molar-refractivity contribution in [3.8, 4) is 11.5 Å². The van der Waals surface area contributed by atoms with Gasteiger partial charge in [0, 0.05) is 25.2 Å². The van der Waals surface area contributed by atoms with Gasteiger partial charge in [0.25, 0.3) is 5.91 Å². The maximum Gasteiger partial charge on any atom is 0.265 e. The van der Waals surface area contributed by atoms with Gasteiger partial charge in [-0.05, 0) is 35.9 Å². The minimum Gasteiger partial charge on any atom is -0.497 e. The fourth-order valence-corrected chi connectivity index (χ4v) is 3.72. The number of amides is 2. The second-order valence-electron chi connectivity index (χ2n) is 7.32. The van der Waals surface area contributed by atoms with E-state index in [1.54, 1.807) is 30.2 Å². The largest absolute Gasteiger partial charge is 0.497 e. The molecule has 1 unspecified atom stereocenters. The molecule has 0 spiro atoms. The van der Waals surface area contributed by atoms with E-state index in [0.29, 0.717) is 50.7 Å². The van der Waals surface area contributed by atoms with E-state index < -0.39 is 12.0 Å². The van der Waals surface area contributed by atoms with Gasteiger partial charge in [0.05, 0.1) is 32.6 Å². The van der Waals surface area contributed by atoms with E-state index in [4.69, 9.17) is 19.9 Å². The molecule has 0 aromatic heterocycles. The molecule has 4 rings (SSSR count). The van der Waals surface area contributed by atoms with E-state index in [2.05, 4.69) is 4.90 Å². The van der Waals surface area contributed by atoms with E-state index in [1.807, 2.05) is 24.3 Å². The Labute approximate surface area is 175 Å². The van der Waals surface area contributed by atoms with Crippen LogP contribution in [0.3, 0.4) is 0 Å². The molecular weight excluding hydrogens is 386 g/mol. The smallest absolute Gasteiger partial charge is 0.265 e. The van der Waals surface area contributed by atoms with Crippen molar-refractivity contribution in [3.63, 3.8) is 0 Å². The summed E-state index contributed by atoms with van der Waals surface area (Å²) in [4.78, 5) is 28.6. The zero-order valence-electron chi connectivity index (χ0n) is 16.9. The number of carbonyl (C=O) groups is 2. The minimum absolute atomic E-state index is 0.0531. The molecule has 30 heavy (non-hydrogen) atoms. The zero-order chi connectivity index (χ0) is 21.1. The van der Waals surface area contributed by atoms with Gasteiger partial charge in [-0.15, -0.1) is 0 Å². The molecule has 158 valence electrons. The Balaban J connectivity index is 1.62. The molecule has 0 aliphatic carbocycles. The average Bonchev–Trinajstić information content (AvgIpc) is 2.79. The Morgan fingerprint density at radius 3 is 2.53 bits per heavy atom. The SMILES string of the molecule is COc1ccc(CN2CC(C(=O)N3CCOCC3)Oc3ccc(C(N)=O)cc32)cc1. The van der Waals surface area contributed by atoms with Crippen molar-refractivity contribution in [2.24, 2.45) is 5.73 Å². The van der Waals surface area contributed by atoms with Crippen LogP contribution < -0.4 is 20.1 Å². The first-order chi connectivity index (χ1) is 14.5. The van der Waals surface area contributed by atoms with Gasteiger partial charge in [0.1, 0.15) is 11.5 Å². The van der Waals surface area contributed by atoms with Crippen LogP contribution in [-0.4, -0.2) is 62.8 Å². The van der Waals surface area contributed by atoms with Gasteiger partial charge in [-0.2, -0.15) is 0 Å². The summed E-state index contributed by atoms with van der Waals surface area (Å²) in [5.41, 5.74) is 7.65. The minimum atomic E-state index is -0.631. The van der Waals surface area contributed by atoms with Crippen LogP contribution in [0.4, 0.5) is 5.69 Å². The third-order valence-corrected chi connectivity index (χ3v) is 5.37. The summed E-state index contributed by atoms with van der Waals surface area (Å²) in [7, 11) is 1.63. The van der Waals surface area contributed by atoms with Crippen molar-refractivity contribution in [2.45, 2.75) is 12.6 Å². The topological polar surface area (TPSA) is 94.3 Å². The lowest BCUT2D eigenvalue weighted by molar-refractivity contribution is -0.142. The van der Waals surface area contributed by atoms with Gasteiger partial charge < -0.3 is 29.7 Å². The molecule has 2 heterocycles. The number of methoxy groups -OCH3 is 1. The van der Waals surface area contributed by atoms with Gasteiger partial charge in [0.15, 0.2) is 6.10 Å². The first-order valence-electron chi connectivity index (χ1n) is 9.90. The average molecular weight is 411 g/mol. The summed E-state index contributed by atoms with van der Waals surface area (Å²) in [6, 6.07) is 12.8. The van der Waals surface area contributed by atoms with E-state index >= 15 is 0 Å². The van der Waals surface area contributed by atoms with Gasteiger partial charge in [-0.25, -0.2) is 0 Å². The lowest BCUT2D eigenvalue weighted by Crippen LogP contribution is -2.52. The molecule has 2 amide bonds. The Morgan fingerprint density at radius 1 is 1.13 bits per heavy atom. The summed E-state index contributed by atoms with van der Waals surface area (Å²) < 4.78 is 16.6. The predicted octanol–water partition coefficient (Wildman–Crippen LogP) is 1.42. The number of carbonyl (C=O) groups excluding carboxylic acids is 2. The van der Waals surface area contributed by atoms with Crippen molar-refractivity contribution in [1.82, 2.24) is 4.90 Å². The lowest BCUT2D eigenvalue weighted by atomic mass is 10.1. The fourth-order valence-electron chi connectivity index (χ4n) is 3.72. The highest BCUT2D eigenvalue weighted by molar-refractivity contribution is 5.94. The Morgan fingerprint density at radius 2 is 1.87 bits per heavy atom. The van der Waals surface area contributed by atoms with Crippen LogP contribution in [0.5, 0.6) is 11.5 Å². The molecule has 1 saturated heterocycles. The van der Waals surface area contributed by atoms with Crippen LogP contribution in [0.2, 0.25) is 0 Å². The van der Waals surface area contributed by atoms with E-state index in [1.165, 1.54) is 0 Å². The van der Waals surface area contributed by atoms with Crippen LogP contribution in [0.15, 0.2) is 42.5 Å². The molecule has 0 saturated carbocycles. The van der Waals surface area contributed by atoms with Gasteiger partial charge in [0.2, 0.25) is 5.91 Å². The molecule has 0 bridgehead atoms. The normalized spacial score (nSPS) is 18.4. The van der Waals surface area contributed by atoms with Crippen LogP contribution in [0.25, 0.3) is 0 Å². The molecule has 8 nitrogen and oxygen atoms in total. The summed E-state index contributed by atoms with van der Waals surface area (Å²) >= 11 is 0. The number of anilines is 1. The molecule has 0 radical (unpaired) electrons. The first kappa shape index (κ1) is 20.0. The summed E-state index contributed by atoms with van der Waals surface area (Å²) in [5, 5.41) is 0. The third kappa shape index (κ3) is 4.18. The lowest BCUT2D eigenvalue weighted by Gasteiger charge is -2.38. The van der Waals surface area contributed by atoms with Crippen LogP contribution in [0, 0.1) is 0 Å². The van der Waals surface area contributed by atoms with Gasteiger partial charge >= 0.3 is 0 Å².